The molecule has 9 nitrogen and oxygen atoms in total. The van der Waals surface area contributed by atoms with Crippen LogP contribution in [-0.4, -0.2) is 81.9 Å². The van der Waals surface area contributed by atoms with Crippen molar-refractivity contribution in [2.45, 2.75) is 19.1 Å². The Morgan fingerprint density at radius 1 is 1.28 bits per heavy atom. The molecule has 2 aromatic heterocycles. The molecule has 0 saturated carbocycles. The molecule has 1 N–H and O–H groups in total. The summed E-state index contributed by atoms with van der Waals surface area (Å²) in [6, 6.07) is 3.48. The third-order valence-electron chi connectivity index (χ3n) is 5.51. The molecule has 2 fully saturated rings. The van der Waals surface area contributed by atoms with Crippen LogP contribution < -0.4 is 0 Å². The highest BCUT2D eigenvalue weighted by Gasteiger charge is 2.42. The Morgan fingerprint density at radius 2 is 2.03 bits per heavy atom. The molecule has 0 aliphatic carbocycles. The van der Waals surface area contributed by atoms with Crippen LogP contribution in [0.15, 0.2) is 35.2 Å². The number of aliphatic carboxylic acids is 1. The number of halogens is 3. The van der Waals surface area contributed by atoms with Crippen molar-refractivity contribution >= 4 is 11.9 Å². The quantitative estimate of drug-likeness (QED) is 0.751. The summed E-state index contributed by atoms with van der Waals surface area (Å²) in [6.07, 6.45) is 1.29. The second kappa shape index (κ2) is 9.74. The predicted octanol–water partition coefficient (Wildman–Crippen LogP) is 2.01. The summed E-state index contributed by atoms with van der Waals surface area (Å²) in [4.78, 5) is 30.3. The number of hydrogen-bond acceptors (Lipinski definition) is 6. The topological polar surface area (TPSA) is 101 Å². The van der Waals surface area contributed by atoms with E-state index >= 15 is 0 Å². The van der Waals surface area contributed by atoms with Crippen LogP contribution in [0, 0.1) is 5.41 Å². The van der Waals surface area contributed by atoms with E-state index in [0.717, 1.165) is 31.9 Å². The van der Waals surface area contributed by atoms with Crippen LogP contribution in [0.5, 0.6) is 0 Å². The molecule has 2 saturated heterocycles. The minimum absolute atomic E-state index is 0.0100. The molecule has 1 spiro atoms. The zero-order chi connectivity index (χ0) is 23.4. The molecule has 0 bridgehead atoms. The van der Waals surface area contributed by atoms with E-state index in [4.69, 9.17) is 19.1 Å². The highest BCUT2D eigenvalue weighted by atomic mass is 19.4. The Balaban J connectivity index is 0.000000360. The van der Waals surface area contributed by atoms with Crippen molar-refractivity contribution in [1.29, 1.82) is 0 Å². The summed E-state index contributed by atoms with van der Waals surface area (Å²) in [7, 11) is 2.02. The highest BCUT2D eigenvalue weighted by Crippen LogP contribution is 2.34. The third kappa shape index (κ3) is 5.88. The van der Waals surface area contributed by atoms with Gasteiger partial charge in [0.2, 0.25) is 0 Å². The summed E-state index contributed by atoms with van der Waals surface area (Å²) in [5, 5.41) is 7.12. The van der Waals surface area contributed by atoms with E-state index in [1.165, 1.54) is 0 Å². The van der Waals surface area contributed by atoms with Gasteiger partial charge in [0.15, 0.2) is 5.76 Å². The van der Waals surface area contributed by atoms with Gasteiger partial charge < -0.3 is 23.7 Å². The number of alkyl halides is 3. The molecule has 32 heavy (non-hydrogen) atoms. The number of aromatic nitrogens is 2. The maximum absolute atomic E-state index is 12.7. The van der Waals surface area contributed by atoms with Gasteiger partial charge in [0.25, 0.3) is 5.91 Å². The Bertz CT molecular complexity index is 915. The van der Waals surface area contributed by atoms with Crippen molar-refractivity contribution in [2.24, 2.45) is 12.5 Å². The fraction of sp³-hybridized carbons (Fsp3) is 0.550. The number of carboxylic acid groups (broad SMARTS) is 1. The minimum atomic E-state index is -5.08. The van der Waals surface area contributed by atoms with E-state index in [1.807, 2.05) is 24.3 Å². The molecule has 0 radical (unpaired) electrons. The molecule has 4 rings (SSSR count). The molecule has 2 aliphatic rings. The molecule has 176 valence electrons. The van der Waals surface area contributed by atoms with E-state index in [9.17, 15) is 18.0 Å². The molecule has 2 aliphatic heterocycles. The molecule has 4 heterocycles. The van der Waals surface area contributed by atoms with Crippen molar-refractivity contribution in [1.82, 2.24) is 19.4 Å². The van der Waals surface area contributed by atoms with Gasteiger partial charge in [-0.05, 0) is 25.1 Å². The van der Waals surface area contributed by atoms with E-state index in [1.54, 1.807) is 18.4 Å². The van der Waals surface area contributed by atoms with Gasteiger partial charge in [0, 0.05) is 44.5 Å². The molecular formula is C20H25F3N4O5. The standard InChI is InChI=1S/C18H24N4O3.C2HF3O2/c1-20-7-5-19-16(20)11-21-6-4-18(12-21)13-22(8-10-24-14-18)17(23)15-3-2-9-25-15;3-2(4,5)1(6)7/h2-3,5,7,9H,4,6,8,10-14H2,1H3;(H,6,7). The number of carbonyl (C=O) groups is 2. The smallest absolute Gasteiger partial charge is 0.475 e. The monoisotopic (exact) mass is 458 g/mol. The van der Waals surface area contributed by atoms with Crippen molar-refractivity contribution in [3.05, 3.63) is 42.4 Å². The number of imidazole rings is 1. The van der Waals surface area contributed by atoms with Gasteiger partial charge in [0.1, 0.15) is 5.82 Å². The summed E-state index contributed by atoms with van der Waals surface area (Å²) in [6.45, 7) is 5.35. The number of rotatable bonds is 3. The van der Waals surface area contributed by atoms with Crippen LogP contribution in [0.3, 0.4) is 0 Å². The van der Waals surface area contributed by atoms with E-state index in [0.29, 0.717) is 32.1 Å². The molecule has 12 heteroatoms. The number of amides is 1. The number of carbonyl (C=O) groups excluding carboxylic acids is 1. The number of ether oxygens (including phenoxy) is 1. The lowest BCUT2D eigenvalue weighted by molar-refractivity contribution is -0.192. The maximum Gasteiger partial charge on any atom is 0.490 e. The zero-order valence-corrected chi connectivity index (χ0v) is 17.5. The lowest BCUT2D eigenvalue weighted by Crippen LogP contribution is -2.43. The summed E-state index contributed by atoms with van der Waals surface area (Å²) < 4.78 is 44.9. The summed E-state index contributed by atoms with van der Waals surface area (Å²) in [5.41, 5.74) is -0.0100. The van der Waals surface area contributed by atoms with Crippen LogP contribution >= 0.6 is 0 Å². The second-order valence-electron chi connectivity index (χ2n) is 7.97. The van der Waals surface area contributed by atoms with Crippen molar-refractivity contribution in [2.75, 3.05) is 39.4 Å². The molecule has 1 unspecified atom stereocenters. The van der Waals surface area contributed by atoms with Crippen molar-refractivity contribution in [3.63, 3.8) is 0 Å². The fourth-order valence-electron chi connectivity index (χ4n) is 3.88. The summed E-state index contributed by atoms with van der Waals surface area (Å²) in [5.74, 6) is -1.33. The van der Waals surface area contributed by atoms with Gasteiger partial charge in [-0.3, -0.25) is 9.69 Å². The number of aryl methyl sites for hydroxylation is 1. The second-order valence-corrected chi connectivity index (χ2v) is 7.97. The number of furan rings is 1. The van der Waals surface area contributed by atoms with Crippen LogP contribution in [-0.2, 0) is 23.1 Å². The largest absolute Gasteiger partial charge is 0.490 e. The highest BCUT2D eigenvalue weighted by molar-refractivity contribution is 5.91. The number of hydrogen-bond donors (Lipinski definition) is 1. The zero-order valence-electron chi connectivity index (χ0n) is 17.5. The molecule has 1 atom stereocenters. The SMILES string of the molecule is Cn1ccnc1CN1CCC2(COCCN(C(=O)c3ccco3)C2)C1.O=C(O)C(F)(F)F. The first-order valence-electron chi connectivity index (χ1n) is 9.99. The first kappa shape index (κ1) is 23.8. The van der Waals surface area contributed by atoms with Gasteiger partial charge in [0.05, 0.1) is 26.0 Å². The first-order valence-corrected chi connectivity index (χ1v) is 9.99. The number of nitrogens with zero attached hydrogens (tertiary/aromatic N) is 4. The number of carboxylic acids is 1. The van der Waals surface area contributed by atoms with Gasteiger partial charge in [-0.25, -0.2) is 9.78 Å². The molecule has 1 amide bonds. The Hall–Kier alpha value is -2.86. The first-order chi connectivity index (χ1) is 15.1. The van der Waals surface area contributed by atoms with Crippen LogP contribution in [0.25, 0.3) is 0 Å². The van der Waals surface area contributed by atoms with Gasteiger partial charge in [-0.2, -0.15) is 13.2 Å². The Morgan fingerprint density at radius 3 is 2.62 bits per heavy atom. The van der Waals surface area contributed by atoms with Gasteiger partial charge in [-0.1, -0.05) is 0 Å². The average molecular weight is 458 g/mol. The van der Waals surface area contributed by atoms with Gasteiger partial charge >= 0.3 is 12.1 Å². The Kier molecular flexibility index (Phi) is 7.24. The van der Waals surface area contributed by atoms with E-state index in [-0.39, 0.29) is 11.3 Å². The van der Waals surface area contributed by atoms with Crippen molar-refractivity contribution < 1.29 is 37.0 Å². The van der Waals surface area contributed by atoms with Crippen molar-refractivity contribution in [3.8, 4) is 0 Å². The van der Waals surface area contributed by atoms with E-state index < -0.39 is 12.1 Å². The lowest BCUT2D eigenvalue weighted by Gasteiger charge is -2.31. The predicted molar refractivity (Wildman–Crippen MR) is 105 cm³/mol. The lowest BCUT2D eigenvalue weighted by atomic mass is 9.87. The normalized spacial score (nSPS) is 21.8. The van der Waals surface area contributed by atoms with Crippen LogP contribution in [0.1, 0.15) is 22.8 Å². The molecule has 0 aromatic carbocycles. The van der Waals surface area contributed by atoms with E-state index in [2.05, 4.69) is 14.5 Å². The van der Waals surface area contributed by atoms with Crippen LogP contribution in [0.4, 0.5) is 13.2 Å². The number of likely N-dealkylation sites (tertiary alicyclic amines) is 1. The molecule has 2 aromatic rings. The minimum Gasteiger partial charge on any atom is -0.475 e. The maximum atomic E-state index is 12.7. The summed E-state index contributed by atoms with van der Waals surface area (Å²) >= 11 is 0. The molecular weight excluding hydrogens is 433 g/mol. The fourth-order valence-corrected chi connectivity index (χ4v) is 3.88. The Labute approximate surface area is 182 Å². The van der Waals surface area contributed by atoms with Gasteiger partial charge in [-0.15, -0.1) is 0 Å². The van der Waals surface area contributed by atoms with Crippen LogP contribution in [0.2, 0.25) is 0 Å². The average Bonchev–Trinajstić information content (AvgIpc) is 3.44. The third-order valence-corrected chi connectivity index (χ3v) is 5.51.